The minimum Gasteiger partial charge on any atom is -0.493 e. The number of carbonyl (C=O) groups excluding carboxylic acids is 1. The van der Waals surface area contributed by atoms with Crippen molar-refractivity contribution in [3.8, 4) is 23.0 Å². The predicted octanol–water partition coefficient (Wildman–Crippen LogP) is 5.49. The van der Waals surface area contributed by atoms with E-state index in [4.69, 9.17) is 23.9 Å². The molecule has 0 spiro atoms. The lowest BCUT2D eigenvalue weighted by atomic mass is 10.1. The molecule has 0 radical (unpaired) electrons. The number of fused-ring (bicyclic) bond motifs is 2. The van der Waals surface area contributed by atoms with Gasteiger partial charge < -0.3 is 28.4 Å². The number of imidazole rings is 1. The van der Waals surface area contributed by atoms with E-state index in [0.29, 0.717) is 31.1 Å². The van der Waals surface area contributed by atoms with Crippen LogP contribution in [0, 0.1) is 0 Å². The van der Waals surface area contributed by atoms with Crippen LogP contribution in [0.4, 0.5) is 5.69 Å². The van der Waals surface area contributed by atoms with Crippen LogP contribution in [-0.4, -0.2) is 42.5 Å². The van der Waals surface area contributed by atoms with Gasteiger partial charge in [0.1, 0.15) is 5.82 Å². The lowest BCUT2D eigenvalue weighted by Gasteiger charge is -2.18. The van der Waals surface area contributed by atoms with Gasteiger partial charge in [-0.15, -0.1) is 6.58 Å². The van der Waals surface area contributed by atoms with Crippen LogP contribution in [0.15, 0.2) is 73.3 Å². The number of aryl methyl sites for hydroxylation is 1. The molecule has 39 heavy (non-hydrogen) atoms. The fraction of sp³-hybridized carbons (Fsp3) is 0.290. The molecule has 1 aromatic heterocycles. The Morgan fingerprint density at radius 2 is 1.95 bits per heavy atom. The second kappa shape index (κ2) is 10.7. The Morgan fingerprint density at radius 3 is 2.82 bits per heavy atom. The van der Waals surface area contributed by atoms with E-state index in [9.17, 15) is 4.79 Å². The van der Waals surface area contributed by atoms with Crippen LogP contribution >= 0.6 is 0 Å². The van der Waals surface area contributed by atoms with Gasteiger partial charge in [-0.05, 0) is 54.8 Å². The van der Waals surface area contributed by atoms with Gasteiger partial charge in [-0.25, -0.2) is 4.98 Å². The Hall–Kier alpha value is -4.46. The number of nitrogens with zero attached hydrogens (tertiary/aromatic N) is 3. The summed E-state index contributed by atoms with van der Waals surface area (Å²) in [5.41, 5.74) is 3.94. The number of carbonyl (C=O) groups is 1. The van der Waals surface area contributed by atoms with E-state index in [1.807, 2.05) is 65.6 Å². The number of methoxy groups -OCH3 is 1. The van der Waals surface area contributed by atoms with Gasteiger partial charge in [0.25, 0.3) is 0 Å². The van der Waals surface area contributed by atoms with Crippen LogP contribution in [0.2, 0.25) is 0 Å². The first-order valence-corrected chi connectivity index (χ1v) is 13.2. The Morgan fingerprint density at radius 1 is 1.08 bits per heavy atom. The predicted molar refractivity (Wildman–Crippen MR) is 149 cm³/mol. The SMILES string of the molecule is C=CCc1ccc(OCCCn2c(C3CC(=O)N(c4ccc5c(c4)OCO5)C3)nc3ccccc32)c(OC)c1. The van der Waals surface area contributed by atoms with Crippen LogP contribution in [0.1, 0.15) is 30.1 Å². The Balaban J connectivity index is 1.18. The second-order valence-electron chi connectivity index (χ2n) is 9.73. The monoisotopic (exact) mass is 525 g/mol. The van der Waals surface area contributed by atoms with Crippen molar-refractivity contribution in [1.82, 2.24) is 9.55 Å². The van der Waals surface area contributed by atoms with Crippen LogP contribution in [0.5, 0.6) is 23.0 Å². The van der Waals surface area contributed by atoms with Crippen molar-refractivity contribution >= 4 is 22.6 Å². The van der Waals surface area contributed by atoms with Crippen molar-refractivity contribution in [2.45, 2.75) is 31.7 Å². The molecule has 0 N–H and O–H groups in total. The van der Waals surface area contributed by atoms with E-state index >= 15 is 0 Å². The molecule has 2 aliphatic rings. The van der Waals surface area contributed by atoms with E-state index in [-0.39, 0.29) is 18.6 Å². The number of para-hydroxylation sites is 2. The molecule has 1 saturated heterocycles. The molecular weight excluding hydrogens is 494 g/mol. The maximum atomic E-state index is 13.1. The number of ether oxygens (including phenoxy) is 4. The van der Waals surface area contributed by atoms with Crippen LogP contribution in [0.3, 0.4) is 0 Å². The Labute approximate surface area is 227 Å². The van der Waals surface area contributed by atoms with Crippen molar-refractivity contribution in [2.75, 3.05) is 32.0 Å². The molecule has 4 aromatic rings. The summed E-state index contributed by atoms with van der Waals surface area (Å²) in [5.74, 6) is 3.80. The summed E-state index contributed by atoms with van der Waals surface area (Å²) in [6.45, 7) is 5.82. The van der Waals surface area contributed by atoms with Crippen molar-refractivity contribution in [1.29, 1.82) is 0 Å². The van der Waals surface area contributed by atoms with E-state index in [2.05, 4.69) is 17.2 Å². The molecule has 1 fully saturated rings. The van der Waals surface area contributed by atoms with Crippen molar-refractivity contribution in [2.24, 2.45) is 0 Å². The standard InChI is InChI=1S/C31H31N3O5/c1-3-7-21-10-12-26(28(16-21)36-2)37-15-6-14-33-25-9-5-4-8-24(25)32-31(33)22-17-30(35)34(19-22)23-11-13-27-29(18-23)39-20-38-27/h3-5,8-13,16,18,22H,1,6-7,14-15,17,19-20H2,2H3. The van der Waals surface area contributed by atoms with E-state index in [0.717, 1.165) is 59.0 Å². The molecule has 1 unspecified atom stereocenters. The highest BCUT2D eigenvalue weighted by atomic mass is 16.7. The summed E-state index contributed by atoms with van der Waals surface area (Å²) < 4.78 is 24.8. The zero-order valence-corrected chi connectivity index (χ0v) is 22.0. The number of hydrogen-bond acceptors (Lipinski definition) is 6. The molecule has 8 heteroatoms. The summed E-state index contributed by atoms with van der Waals surface area (Å²) >= 11 is 0. The average Bonchev–Trinajstić information content (AvgIpc) is 3.68. The van der Waals surface area contributed by atoms with Crippen molar-refractivity contribution < 1.29 is 23.7 Å². The number of anilines is 1. The van der Waals surface area contributed by atoms with Crippen molar-refractivity contribution in [3.63, 3.8) is 0 Å². The largest absolute Gasteiger partial charge is 0.493 e. The van der Waals surface area contributed by atoms with Gasteiger partial charge in [-0.2, -0.15) is 0 Å². The third-order valence-electron chi connectivity index (χ3n) is 7.23. The summed E-state index contributed by atoms with van der Waals surface area (Å²) in [5, 5.41) is 0. The zero-order chi connectivity index (χ0) is 26.8. The van der Waals surface area contributed by atoms with Gasteiger partial charge >= 0.3 is 0 Å². The minimum absolute atomic E-state index is 0.0197. The van der Waals surface area contributed by atoms with E-state index < -0.39 is 0 Å². The van der Waals surface area contributed by atoms with Gasteiger partial charge in [0, 0.05) is 37.2 Å². The van der Waals surface area contributed by atoms with Gasteiger partial charge in [0.05, 0.1) is 24.8 Å². The summed E-state index contributed by atoms with van der Waals surface area (Å²) in [7, 11) is 1.65. The van der Waals surface area contributed by atoms with Gasteiger partial charge in [0.15, 0.2) is 23.0 Å². The van der Waals surface area contributed by atoms with Crippen LogP contribution < -0.4 is 23.8 Å². The molecule has 2 aliphatic heterocycles. The number of aromatic nitrogens is 2. The quantitative estimate of drug-likeness (QED) is 0.201. The average molecular weight is 526 g/mol. The van der Waals surface area contributed by atoms with E-state index in [1.165, 1.54) is 0 Å². The molecule has 0 aliphatic carbocycles. The molecule has 200 valence electrons. The first-order chi connectivity index (χ1) is 19.1. The maximum absolute atomic E-state index is 13.1. The highest BCUT2D eigenvalue weighted by Gasteiger charge is 2.35. The van der Waals surface area contributed by atoms with Crippen molar-refractivity contribution in [3.05, 3.63) is 84.7 Å². The number of rotatable bonds is 10. The fourth-order valence-electron chi connectivity index (χ4n) is 5.35. The molecule has 1 atom stereocenters. The molecule has 0 bridgehead atoms. The van der Waals surface area contributed by atoms with Crippen LogP contribution in [-0.2, 0) is 17.8 Å². The maximum Gasteiger partial charge on any atom is 0.231 e. The summed E-state index contributed by atoms with van der Waals surface area (Å²) in [6, 6.07) is 19.7. The highest BCUT2D eigenvalue weighted by Crippen LogP contribution is 2.39. The number of allylic oxidation sites excluding steroid dienone is 1. The summed E-state index contributed by atoms with van der Waals surface area (Å²) in [6.07, 6.45) is 3.83. The minimum atomic E-state index is -0.0197. The first kappa shape index (κ1) is 24.9. The van der Waals surface area contributed by atoms with E-state index in [1.54, 1.807) is 7.11 Å². The molecule has 8 nitrogen and oxygen atoms in total. The van der Waals surface area contributed by atoms with Gasteiger partial charge in [0.2, 0.25) is 12.7 Å². The molecular formula is C31H31N3O5. The Bertz CT molecular complexity index is 1530. The van der Waals surface area contributed by atoms with Gasteiger partial charge in [-0.3, -0.25) is 4.79 Å². The smallest absolute Gasteiger partial charge is 0.231 e. The molecule has 6 rings (SSSR count). The molecule has 0 saturated carbocycles. The third kappa shape index (κ3) is 4.90. The molecule has 3 heterocycles. The topological polar surface area (TPSA) is 75.1 Å². The fourth-order valence-corrected chi connectivity index (χ4v) is 5.35. The zero-order valence-electron chi connectivity index (χ0n) is 22.0. The van der Waals surface area contributed by atoms with Gasteiger partial charge in [-0.1, -0.05) is 24.3 Å². The number of hydrogen-bond donors (Lipinski definition) is 0. The highest BCUT2D eigenvalue weighted by molar-refractivity contribution is 5.97. The molecule has 1 amide bonds. The number of amides is 1. The molecule has 3 aromatic carbocycles. The lowest BCUT2D eigenvalue weighted by molar-refractivity contribution is -0.117. The van der Waals surface area contributed by atoms with Crippen LogP contribution in [0.25, 0.3) is 11.0 Å². The normalized spacial score (nSPS) is 16.2. The second-order valence-corrected chi connectivity index (χ2v) is 9.73. The first-order valence-electron chi connectivity index (χ1n) is 13.2. The third-order valence-corrected chi connectivity index (χ3v) is 7.23. The number of benzene rings is 3. The lowest BCUT2D eigenvalue weighted by Crippen LogP contribution is -2.24. The Kier molecular flexibility index (Phi) is 6.84. The summed E-state index contributed by atoms with van der Waals surface area (Å²) in [4.78, 5) is 19.9.